The topological polar surface area (TPSA) is 52.4 Å². The van der Waals surface area contributed by atoms with Crippen molar-refractivity contribution < 1.29 is 9.66 Å². The van der Waals surface area contributed by atoms with Gasteiger partial charge in [-0.25, -0.2) is 0 Å². The number of nitro benzene ring substituents is 1. The zero-order valence-electron chi connectivity index (χ0n) is 8.49. The van der Waals surface area contributed by atoms with E-state index in [0.717, 1.165) is 12.8 Å². The normalized spacial score (nSPS) is 10.1. The molecule has 0 spiro atoms. The maximum atomic E-state index is 10.5. The average Bonchev–Trinajstić information content (AvgIpc) is 2.24. The van der Waals surface area contributed by atoms with Crippen LogP contribution in [0.3, 0.4) is 0 Å². The van der Waals surface area contributed by atoms with Crippen LogP contribution in [0, 0.1) is 10.1 Å². The Morgan fingerprint density at radius 2 is 2.12 bits per heavy atom. The van der Waals surface area contributed by atoms with E-state index < -0.39 is 4.92 Å². The van der Waals surface area contributed by atoms with Crippen LogP contribution in [0.4, 0.5) is 5.69 Å². The Kier molecular flexibility index (Phi) is 5.35. The number of hydrogen-bond acceptors (Lipinski definition) is 3. The fourth-order valence-electron chi connectivity index (χ4n) is 1.11. The third kappa shape index (κ3) is 3.87. The molecule has 16 heavy (non-hydrogen) atoms. The third-order valence-electron chi connectivity index (χ3n) is 1.91. The molecule has 1 aromatic rings. The lowest BCUT2D eigenvalue weighted by Crippen LogP contribution is -1.98. The number of alkyl halides is 1. The number of nitro groups is 1. The van der Waals surface area contributed by atoms with Gasteiger partial charge in [0.15, 0.2) is 0 Å². The molecule has 88 valence electrons. The van der Waals surface area contributed by atoms with Gasteiger partial charge in [-0.3, -0.25) is 10.1 Å². The van der Waals surface area contributed by atoms with Crippen LogP contribution < -0.4 is 4.74 Å². The monoisotopic (exact) mass is 263 g/mol. The van der Waals surface area contributed by atoms with Crippen LogP contribution in [0.1, 0.15) is 12.8 Å². The molecule has 0 aliphatic heterocycles. The second-order valence-corrected chi connectivity index (χ2v) is 3.90. The van der Waals surface area contributed by atoms with Gasteiger partial charge in [0.2, 0.25) is 0 Å². The molecule has 0 atom stereocenters. The van der Waals surface area contributed by atoms with Gasteiger partial charge in [0.25, 0.3) is 5.69 Å². The number of hydrogen-bond donors (Lipinski definition) is 0. The minimum atomic E-state index is -0.528. The SMILES string of the molecule is O=[N+]([O-])c1ccc(OCCCCCl)cc1Cl. The summed E-state index contributed by atoms with van der Waals surface area (Å²) in [5.41, 5.74) is -0.116. The number of halogens is 2. The number of ether oxygens (including phenoxy) is 1. The van der Waals surface area contributed by atoms with Gasteiger partial charge in [0.05, 0.1) is 11.5 Å². The van der Waals surface area contributed by atoms with Crippen molar-refractivity contribution in [3.8, 4) is 5.75 Å². The Bertz CT molecular complexity index is 371. The Hall–Kier alpha value is -1.00. The van der Waals surface area contributed by atoms with Crippen molar-refractivity contribution >= 4 is 28.9 Å². The molecule has 0 saturated heterocycles. The highest BCUT2D eigenvalue weighted by Gasteiger charge is 2.12. The second kappa shape index (κ2) is 6.55. The van der Waals surface area contributed by atoms with Gasteiger partial charge in [-0.1, -0.05) is 11.6 Å². The molecule has 0 aliphatic carbocycles. The zero-order chi connectivity index (χ0) is 12.0. The molecule has 0 aliphatic rings. The van der Waals surface area contributed by atoms with Gasteiger partial charge < -0.3 is 4.74 Å². The van der Waals surface area contributed by atoms with E-state index in [1.165, 1.54) is 18.2 Å². The standard InChI is InChI=1S/C10H11Cl2NO3/c11-5-1-2-6-16-8-3-4-10(13(14)15)9(12)7-8/h3-4,7H,1-2,5-6H2. The van der Waals surface area contributed by atoms with E-state index in [0.29, 0.717) is 18.2 Å². The van der Waals surface area contributed by atoms with Gasteiger partial charge in [0, 0.05) is 18.0 Å². The predicted octanol–water partition coefficient (Wildman–Crippen LogP) is 3.65. The molecular formula is C10H11Cl2NO3. The second-order valence-electron chi connectivity index (χ2n) is 3.11. The van der Waals surface area contributed by atoms with Crippen molar-refractivity contribution in [2.45, 2.75) is 12.8 Å². The fourth-order valence-corrected chi connectivity index (χ4v) is 1.54. The van der Waals surface area contributed by atoms with Gasteiger partial charge >= 0.3 is 0 Å². The minimum absolute atomic E-state index is 0.0832. The van der Waals surface area contributed by atoms with Crippen molar-refractivity contribution in [3.63, 3.8) is 0 Å². The lowest BCUT2D eigenvalue weighted by molar-refractivity contribution is -0.384. The molecule has 0 N–H and O–H groups in total. The largest absolute Gasteiger partial charge is 0.494 e. The van der Waals surface area contributed by atoms with E-state index in [-0.39, 0.29) is 10.7 Å². The van der Waals surface area contributed by atoms with Crippen LogP contribution in [-0.2, 0) is 0 Å². The summed E-state index contributed by atoms with van der Waals surface area (Å²) in [4.78, 5) is 9.97. The number of nitrogens with zero attached hydrogens (tertiary/aromatic N) is 1. The molecule has 0 fully saturated rings. The lowest BCUT2D eigenvalue weighted by atomic mass is 10.3. The first-order valence-electron chi connectivity index (χ1n) is 4.78. The van der Waals surface area contributed by atoms with E-state index in [2.05, 4.69) is 0 Å². The summed E-state index contributed by atoms with van der Waals surface area (Å²) in [6, 6.07) is 4.31. The first-order valence-corrected chi connectivity index (χ1v) is 5.69. The van der Waals surface area contributed by atoms with Crippen molar-refractivity contribution in [1.29, 1.82) is 0 Å². The van der Waals surface area contributed by atoms with Crippen LogP contribution >= 0.6 is 23.2 Å². The van der Waals surface area contributed by atoms with E-state index in [9.17, 15) is 10.1 Å². The Balaban J connectivity index is 2.56. The minimum Gasteiger partial charge on any atom is -0.494 e. The summed E-state index contributed by atoms with van der Waals surface area (Å²) in [5, 5.41) is 10.6. The molecule has 0 bridgehead atoms. The van der Waals surface area contributed by atoms with Crippen LogP contribution in [-0.4, -0.2) is 17.4 Å². The molecule has 0 amide bonds. The van der Waals surface area contributed by atoms with E-state index in [1.807, 2.05) is 0 Å². The fraction of sp³-hybridized carbons (Fsp3) is 0.400. The highest BCUT2D eigenvalue weighted by atomic mass is 35.5. The van der Waals surface area contributed by atoms with Crippen LogP contribution in [0.5, 0.6) is 5.75 Å². The molecule has 0 saturated carbocycles. The molecule has 0 aromatic heterocycles. The molecule has 0 radical (unpaired) electrons. The Morgan fingerprint density at radius 3 is 2.69 bits per heavy atom. The van der Waals surface area contributed by atoms with Crippen LogP contribution in [0.15, 0.2) is 18.2 Å². The highest BCUT2D eigenvalue weighted by Crippen LogP contribution is 2.28. The van der Waals surface area contributed by atoms with E-state index in [1.54, 1.807) is 0 Å². The maximum absolute atomic E-state index is 10.5. The van der Waals surface area contributed by atoms with Crippen molar-refractivity contribution in [2.75, 3.05) is 12.5 Å². The first-order chi connectivity index (χ1) is 7.65. The molecule has 6 heteroatoms. The van der Waals surface area contributed by atoms with Crippen molar-refractivity contribution in [2.24, 2.45) is 0 Å². The van der Waals surface area contributed by atoms with Crippen LogP contribution in [0.2, 0.25) is 5.02 Å². The summed E-state index contributed by atoms with van der Waals surface area (Å²) >= 11 is 11.2. The van der Waals surface area contributed by atoms with Crippen LogP contribution in [0.25, 0.3) is 0 Å². The predicted molar refractivity (Wildman–Crippen MR) is 63.6 cm³/mol. The summed E-state index contributed by atoms with van der Waals surface area (Å²) in [6.07, 6.45) is 1.72. The molecular weight excluding hydrogens is 253 g/mol. The maximum Gasteiger partial charge on any atom is 0.288 e. The first kappa shape index (κ1) is 13.1. The average molecular weight is 264 g/mol. The Morgan fingerprint density at radius 1 is 1.38 bits per heavy atom. The van der Waals surface area contributed by atoms with E-state index >= 15 is 0 Å². The quantitative estimate of drug-likeness (QED) is 0.341. The van der Waals surface area contributed by atoms with Crippen molar-refractivity contribution in [1.82, 2.24) is 0 Å². The van der Waals surface area contributed by atoms with E-state index in [4.69, 9.17) is 27.9 Å². The number of rotatable bonds is 6. The summed E-state index contributed by atoms with van der Waals surface area (Å²) < 4.78 is 5.36. The summed E-state index contributed by atoms with van der Waals surface area (Å²) in [6.45, 7) is 0.529. The third-order valence-corrected chi connectivity index (χ3v) is 2.48. The Labute approximate surface area is 103 Å². The summed E-state index contributed by atoms with van der Waals surface area (Å²) in [5.74, 6) is 1.13. The van der Waals surface area contributed by atoms with Gasteiger partial charge in [-0.2, -0.15) is 0 Å². The molecule has 1 rings (SSSR count). The highest BCUT2D eigenvalue weighted by molar-refractivity contribution is 6.32. The van der Waals surface area contributed by atoms with Crippen molar-refractivity contribution in [3.05, 3.63) is 33.3 Å². The summed E-state index contributed by atoms with van der Waals surface area (Å²) in [7, 11) is 0. The molecule has 4 nitrogen and oxygen atoms in total. The van der Waals surface area contributed by atoms with Gasteiger partial charge in [-0.05, 0) is 18.9 Å². The lowest BCUT2D eigenvalue weighted by Gasteiger charge is -2.05. The van der Waals surface area contributed by atoms with Gasteiger partial charge in [-0.15, -0.1) is 11.6 Å². The molecule has 0 unspecified atom stereocenters. The number of unbranched alkanes of at least 4 members (excludes halogenated alkanes) is 1. The number of benzene rings is 1. The zero-order valence-corrected chi connectivity index (χ0v) is 10.0. The van der Waals surface area contributed by atoms with Gasteiger partial charge in [0.1, 0.15) is 10.8 Å². The molecule has 1 aromatic carbocycles. The molecule has 0 heterocycles. The smallest absolute Gasteiger partial charge is 0.288 e.